The van der Waals surface area contributed by atoms with Crippen LogP contribution in [0.15, 0.2) is 0 Å². The number of rotatable bonds is 3. The van der Waals surface area contributed by atoms with Crippen LogP contribution in [0.4, 0.5) is 17.6 Å². The third kappa shape index (κ3) is 1.78. The van der Waals surface area contributed by atoms with Crippen LogP contribution in [0.5, 0.6) is 0 Å². The van der Waals surface area contributed by atoms with Gasteiger partial charge in [-0.3, -0.25) is 0 Å². The highest BCUT2D eigenvalue weighted by Crippen LogP contribution is 2.36. The van der Waals surface area contributed by atoms with E-state index in [1.165, 1.54) is 0 Å². The summed E-state index contributed by atoms with van der Waals surface area (Å²) in [5.41, 5.74) is 0. The first-order valence-corrected chi connectivity index (χ1v) is 3.14. The monoisotopic (exact) mass is 218 g/mol. The third-order valence-corrected chi connectivity index (χ3v) is 1.28. The zero-order chi connectivity index (χ0) is 11.6. The second-order valence-electron chi connectivity index (χ2n) is 2.13. The fourth-order valence-electron chi connectivity index (χ4n) is 0.513. The molecule has 0 aromatic heterocycles. The maximum atomic E-state index is 12.5. The second-order valence-corrected chi connectivity index (χ2v) is 2.13. The summed E-state index contributed by atoms with van der Waals surface area (Å²) < 4.78 is 56.9. The predicted molar refractivity (Wildman–Crippen MR) is 33.9 cm³/mol. The molecule has 0 unspecified atom stereocenters. The van der Waals surface area contributed by atoms with Crippen LogP contribution < -0.4 is 0 Å². The first-order valence-electron chi connectivity index (χ1n) is 3.14. The molecule has 8 heteroatoms. The van der Waals surface area contributed by atoms with Gasteiger partial charge in [0.1, 0.15) is 0 Å². The Labute approximate surface area is 75.8 Å². The number of carbonyl (C=O) groups excluding carboxylic acids is 2. The van der Waals surface area contributed by atoms with Crippen molar-refractivity contribution in [2.75, 3.05) is 14.2 Å². The minimum atomic E-state index is -5.24. The topological polar surface area (TPSA) is 52.6 Å². The van der Waals surface area contributed by atoms with E-state index in [1.54, 1.807) is 0 Å². The molecule has 0 spiro atoms. The van der Waals surface area contributed by atoms with Gasteiger partial charge in [0.2, 0.25) is 0 Å². The minimum absolute atomic E-state index is 0.490. The van der Waals surface area contributed by atoms with Crippen molar-refractivity contribution in [3.8, 4) is 0 Å². The van der Waals surface area contributed by atoms with Crippen molar-refractivity contribution in [1.82, 2.24) is 0 Å². The summed E-state index contributed by atoms with van der Waals surface area (Å²) in [6.07, 6.45) is 0. The molecule has 0 rings (SSSR count). The van der Waals surface area contributed by atoms with E-state index < -0.39 is 23.8 Å². The van der Waals surface area contributed by atoms with Gasteiger partial charge in [0.05, 0.1) is 14.2 Å². The zero-order valence-electron chi connectivity index (χ0n) is 7.14. The molecule has 0 saturated carbocycles. The summed E-state index contributed by atoms with van der Waals surface area (Å²) in [5.74, 6) is -15.5. The molecule has 0 aromatic carbocycles. The lowest BCUT2D eigenvalue weighted by Crippen LogP contribution is -2.53. The fourth-order valence-corrected chi connectivity index (χ4v) is 0.513. The number of hydrogen-bond donors (Lipinski definition) is 0. The Kier molecular flexibility index (Phi) is 3.44. The van der Waals surface area contributed by atoms with E-state index in [2.05, 4.69) is 9.47 Å². The first kappa shape index (κ1) is 12.7. The van der Waals surface area contributed by atoms with Crippen molar-refractivity contribution in [2.45, 2.75) is 11.8 Å². The van der Waals surface area contributed by atoms with Gasteiger partial charge in [0.15, 0.2) is 0 Å². The van der Waals surface area contributed by atoms with E-state index in [9.17, 15) is 27.2 Å². The van der Waals surface area contributed by atoms with Gasteiger partial charge >= 0.3 is 23.8 Å². The molecule has 0 atom stereocenters. The van der Waals surface area contributed by atoms with Crippen LogP contribution in [0.25, 0.3) is 0 Å². The number of esters is 2. The number of carbonyl (C=O) groups is 2. The molecule has 0 bridgehead atoms. The van der Waals surface area contributed by atoms with Crippen molar-refractivity contribution in [2.24, 2.45) is 0 Å². The van der Waals surface area contributed by atoms with Gasteiger partial charge in [-0.1, -0.05) is 0 Å². The Balaban J connectivity index is 5.06. The molecule has 0 saturated heterocycles. The average Bonchev–Trinajstić information content (AvgIpc) is 2.14. The number of alkyl halides is 4. The normalized spacial score (nSPS) is 12.1. The molecule has 4 nitrogen and oxygen atoms in total. The molecule has 14 heavy (non-hydrogen) atoms. The number of hydrogen-bond acceptors (Lipinski definition) is 4. The molecule has 0 aliphatic heterocycles. The van der Waals surface area contributed by atoms with E-state index in [-0.39, 0.29) is 0 Å². The molecule has 0 aliphatic rings. The van der Waals surface area contributed by atoms with Gasteiger partial charge in [-0.2, -0.15) is 17.6 Å². The van der Waals surface area contributed by atoms with Gasteiger partial charge in [-0.05, 0) is 0 Å². The number of ether oxygens (including phenoxy) is 2. The molecule has 0 fully saturated rings. The highest BCUT2D eigenvalue weighted by atomic mass is 19.3. The van der Waals surface area contributed by atoms with Gasteiger partial charge in [-0.15, -0.1) is 0 Å². The van der Waals surface area contributed by atoms with Crippen LogP contribution in [-0.2, 0) is 19.1 Å². The molecule has 0 N–H and O–H groups in total. The molecule has 0 aromatic rings. The lowest BCUT2D eigenvalue weighted by Gasteiger charge is -2.21. The molecule has 0 amide bonds. The minimum Gasteiger partial charge on any atom is -0.464 e. The van der Waals surface area contributed by atoms with Crippen molar-refractivity contribution < 1.29 is 36.6 Å². The Bertz CT molecular complexity index is 224. The largest absolute Gasteiger partial charge is 0.464 e. The van der Waals surface area contributed by atoms with Crippen molar-refractivity contribution in [3.63, 3.8) is 0 Å². The highest BCUT2D eigenvalue weighted by Gasteiger charge is 2.69. The molecule has 0 radical (unpaired) electrons. The van der Waals surface area contributed by atoms with Crippen molar-refractivity contribution in [3.05, 3.63) is 0 Å². The van der Waals surface area contributed by atoms with Crippen LogP contribution in [0.3, 0.4) is 0 Å². The Morgan fingerprint density at radius 1 is 0.857 bits per heavy atom. The molecular weight excluding hydrogens is 212 g/mol. The summed E-state index contributed by atoms with van der Waals surface area (Å²) in [6, 6.07) is 0. The maximum absolute atomic E-state index is 12.5. The molecular formula is C6H6F4O4. The summed E-state index contributed by atoms with van der Waals surface area (Å²) in [5, 5.41) is 0. The van der Waals surface area contributed by atoms with Crippen LogP contribution in [0.2, 0.25) is 0 Å². The van der Waals surface area contributed by atoms with E-state index in [0.717, 1.165) is 0 Å². The Morgan fingerprint density at radius 2 is 1.07 bits per heavy atom. The van der Waals surface area contributed by atoms with Gasteiger partial charge < -0.3 is 9.47 Å². The fraction of sp³-hybridized carbons (Fsp3) is 0.667. The van der Waals surface area contributed by atoms with Crippen LogP contribution in [0.1, 0.15) is 0 Å². The van der Waals surface area contributed by atoms with E-state index >= 15 is 0 Å². The summed E-state index contributed by atoms with van der Waals surface area (Å²) >= 11 is 0. The van der Waals surface area contributed by atoms with Crippen LogP contribution >= 0.6 is 0 Å². The summed E-state index contributed by atoms with van der Waals surface area (Å²) in [4.78, 5) is 20.5. The van der Waals surface area contributed by atoms with E-state index in [4.69, 9.17) is 0 Å². The molecule has 82 valence electrons. The summed E-state index contributed by atoms with van der Waals surface area (Å²) in [6.45, 7) is 0. The standard InChI is InChI=1S/C6H6F4O4/c1-13-3(11)5(7,8)6(9,10)4(12)14-2/h1-2H3. The van der Waals surface area contributed by atoms with Gasteiger partial charge in [0.25, 0.3) is 0 Å². The average molecular weight is 218 g/mol. The zero-order valence-corrected chi connectivity index (χ0v) is 7.14. The van der Waals surface area contributed by atoms with Crippen LogP contribution in [-0.4, -0.2) is 38.0 Å². The Morgan fingerprint density at radius 3 is 1.21 bits per heavy atom. The lowest BCUT2D eigenvalue weighted by atomic mass is 10.2. The first-order chi connectivity index (χ1) is 6.21. The van der Waals surface area contributed by atoms with Gasteiger partial charge in [-0.25, -0.2) is 9.59 Å². The SMILES string of the molecule is COC(=O)C(F)(F)C(F)(F)C(=O)OC. The maximum Gasteiger partial charge on any atom is 0.415 e. The second kappa shape index (κ2) is 3.81. The highest BCUT2D eigenvalue weighted by molar-refractivity contribution is 5.89. The van der Waals surface area contributed by atoms with Gasteiger partial charge in [0, 0.05) is 0 Å². The molecule has 0 aliphatic carbocycles. The van der Waals surface area contributed by atoms with Crippen molar-refractivity contribution >= 4 is 11.9 Å². The Hall–Kier alpha value is -1.34. The van der Waals surface area contributed by atoms with Crippen molar-refractivity contribution in [1.29, 1.82) is 0 Å². The third-order valence-electron chi connectivity index (χ3n) is 1.28. The number of methoxy groups -OCH3 is 2. The predicted octanol–water partition coefficient (Wildman–Crippen LogP) is 0.603. The molecule has 0 heterocycles. The smallest absolute Gasteiger partial charge is 0.415 e. The summed E-state index contributed by atoms with van der Waals surface area (Å²) in [7, 11) is 0.979. The number of halogens is 4. The van der Waals surface area contributed by atoms with E-state index in [1.807, 2.05) is 0 Å². The van der Waals surface area contributed by atoms with E-state index in [0.29, 0.717) is 14.2 Å². The van der Waals surface area contributed by atoms with Crippen LogP contribution in [0, 0.1) is 0 Å². The lowest BCUT2D eigenvalue weighted by molar-refractivity contribution is -0.234. The quantitative estimate of drug-likeness (QED) is 0.514.